The Bertz CT molecular complexity index is 353. The molecule has 1 aromatic rings. The summed E-state index contributed by atoms with van der Waals surface area (Å²) in [5.41, 5.74) is 1.17. The van der Waals surface area contributed by atoms with E-state index in [0.717, 1.165) is 12.1 Å². The summed E-state index contributed by atoms with van der Waals surface area (Å²) in [5.74, 6) is 2.81. The Morgan fingerprint density at radius 1 is 1.33 bits per heavy atom. The fraction of sp³-hybridized carbons (Fsp3) is 0.250. The van der Waals surface area contributed by atoms with E-state index in [2.05, 4.69) is 0 Å². The lowest BCUT2D eigenvalue weighted by Crippen LogP contribution is -2.38. The van der Waals surface area contributed by atoms with E-state index in [1.54, 1.807) is 5.43 Å². The summed E-state index contributed by atoms with van der Waals surface area (Å²) in [4.78, 5) is 0. The first kappa shape index (κ1) is 12.2. The van der Waals surface area contributed by atoms with Gasteiger partial charge in [-0.2, -0.15) is 8.78 Å². The fourth-order valence-electron chi connectivity index (χ4n) is 1.10. The molecule has 7 heteroatoms. The lowest BCUT2D eigenvalue weighted by Gasteiger charge is -2.21. The lowest BCUT2D eigenvalue weighted by atomic mass is 10.1. The van der Waals surface area contributed by atoms with Crippen LogP contribution in [0.3, 0.4) is 0 Å². The second-order valence-corrected chi connectivity index (χ2v) is 3.31. The second kappa shape index (κ2) is 4.34. The van der Waals surface area contributed by atoms with Crippen molar-refractivity contribution in [2.24, 2.45) is 5.84 Å². The topological polar surface area (TPSA) is 38.0 Å². The van der Waals surface area contributed by atoms with Crippen LogP contribution < -0.4 is 11.3 Å². The number of hydrazine groups is 1. The monoisotopic (exact) mass is 242 g/mol. The van der Waals surface area contributed by atoms with Crippen LogP contribution in [-0.2, 0) is 0 Å². The molecule has 0 aliphatic carbocycles. The van der Waals surface area contributed by atoms with Crippen LogP contribution in [0.1, 0.15) is 11.6 Å². The summed E-state index contributed by atoms with van der Waals surface area (Å²) >= 11 is 4.71. The molecule has 0 aliphatic rings. The number of nitrogens with one attached hydrogen (secondary N) is 1. The van der Waals surface area contributed by atoms with Crippen molar-refractivity contribution in [3.05, 3.63) is 35.4 Å². The maximum Gasteiger partial charge on any atom is 0.342 e. The van der Waals surface area contributed by atoms with Gasteiger partial charge in [-0.15, -0.1) is 0 Å². The Balaban J connectivity index is 3.13. The number of hydrogen-bond acceptors (Lipinski definition) is 2. The summed E-state index contributed by atoms with van der Waals surface area (Å²) < 4.78 is 51.0. The van der Waals surface area contributed by atoms with Gasteiger partial charge in [0.05, 0.1) is 0 Å². The van der Waals surface area contributed by atoms with Crippen LogP contribution in [0.5, 0.6) is 0 Å². The predicted molar refractivity (Wildman–Crippen MR) is 47.2 cm³/mol. The minimum Gasteiger partial charge on any atom is -0.271 e. The highest BCUT2D eigenvalue weighted by molar-refractivity contribution is 6.22. The van der Waals surface area contributed by atoms with E-state index in [4.69, 9.17) is 17.4 Å². The summed E-state index contributed by atoms with van der Waals surface area (Å²) in [7, 11) is 0. The van der Waals surface area contributed by atoms with Crippen molar-refractivity contribution >= 4 is 11.6 Å². The number of halogens is 5. The van der Waals surface area contributed by atoms with E-state index in [1.165, 1.54) is 0 Å². The zero-order valence-electron chi connectivity index (χ0n) is 7.28. The fourth-order valence-corrected chi connectivity index (χ4v) is 1.28. The van der Waals surface area contributed by atoms with Crippen LogP contribution in [0.2, 0.25) is 0 Å². The zero-order valence-corrected chi connectivity index (χ0v) is 8.03. The Labute approximate surface area is 88.0 Å². The van der Waals surface area contributed by atoms with Gasteiger partial charge in [-0.1, -0.05) is 6.07 Å². The number of nitrogens with two attached hydrogens (primary N) is 1. The standard InChI is InChI=1S/C8H7ClF4N2/c9-8(12,13)7(15-14)5-2-1-4(10)3-6(5)11/h1-3,7,15H,14H2. The van der Waals surface area contributed by atoms with Crippen molar-refractivity contribution in [2.45, 2.75) is 11.4 Å². The van der Waals surface area contributed by atoms with Crippen molar-refractivity contribution < 1.29 is 17.6 Å². The molecule has 0 aromatic heterocycles. The second-order valence-electron chi connectivity index (χ2n) is 2.81. The van der Waals surface area contributed by atoms with Gasteiger partial charge in [-0.3, -0.25) is 5.84 Å². The molecule has 1 aromatic carbocycles. The molecular formula is C8H7ClF4N2. The number of rotatable bonds is 3. The van der Waals surface area contributed by atoms with E-state index in [-0.39, 0.29) is 0 Å². The Morgan fingerprint density at radius 2 is 1.93 bits per heavy atom. The molecule has 1 rings (SSSR count). The van der Waals surface area contributed by atoms with Gasteiger partial charge in [0, 0.05) is 11.6 Å². The van der Waals surface area contributed by atoms with E-state index >= 15 is 0 Å². The summed E-state index contributed by atoms with van der Waals surface area (Å²) in [6.07, 6.45) is 0. The average molecular weight is 243 g/mol. The minimum atomic E-state index is -3.77. The maximum absolute atomic E-state index is 13.1. The Morgan fingerprint density at radius 3 is 2.33 bits per heavy atom. The normalized spacial score (nSPS) is 14.0. The highest BCUT2D eigenvalue weighted by atomic mass is 35.5. The third-order valence-electron chi connectivity index (χ3n) is 1.77. The molecule has 1 atom stereocenters. The molecule has 0 saturated carbocycles. The predicted octanol–water partition coefficient (Wildman–Crippen LogP) is 2.30. The molecule has 15 heavy (non-hydrogen) atoms. The number of alkyl halides is 3. The van der Waals surface area contributed by atoms with E-state index in [0.29, 0.717) is 6.07 Å². The first-order valence-corrected chi connectivity index (χ1v) is 4.22. The molecule has 0 spiro atoms. The van der Waals surface area contributed by atoms with Gasteiger partial charge in [-0.25, -0.2) is 14.2 Å². The smallest absolute Gasteiger partial charge is 0.271 e. The Hall–Kier alpha value is -0.850. The van der Waals surface area contributed by atoms with Crippen LogP contribution in [0, 0.1) is 11.6 Å². The SMILES string of the molecule is NNC(c1ccc(F)cc1F)C(F)(F)Cl. The molecule has 84 valence electrons. The summed E-state index contributed by atoms with van der Waals surface area (Å²) in [5, 5.41) is -3.77. The molecule has 2 nitrogen and oxygen atoms in total. The van der Waals surface area contributed by atoms with Crippen molar-refractivity contribution in [1.29, 1.82) is 0 Å². The van der Waals surface area contributed by atoms with Gasteiger partial charge >= 0.3 is 5.38 Å². The van der Waals surface area contributed by atoms with Crippen molar-refractivity contribution in [2.75, 3.05) is 0 Å². The highest BCUT2D eigenvalue weighted by Crippen LogP contribution is 2.35. The molecule has 0 amide bonds. The molecule has 0 radical (unpaired) electrons. The third kappa shape index (κ3) is 2.80. The minimum absolute atomic E-state index is 0.475. The first-order chi connectivity index (χ1) is 6.86. The van der Waals surface area contributed by atoms with Crippen LogP contribution in [0.15, 0.2) is 18.2 Å². The maximum atomic E-state index is 13.1. The molecule has 3 N–H and O–H groups in total. The average Bonchev–Trinajstić information content (AvgIpc) is 2.07. The third-order valence-corrected chi connectivity index (χ3v) is 1.99. The van der Waals surface area contributed by atoms with Gasteiger partial charge in [0.1, 0.15) is 17.7 Å². The van der Waals surface area contributed by atoms with Gasteiger partial charge in [-0.05, 0) is 17.7 Å². The van der Waals surface area contributed by atoms with Gasteiger partial charge in [0.2, 0.25) is 0 Å². The molecule has 0 saturated heterocycles. The summed E-state index contributed by atoms with van der Waals surface area (Å²) in [6.45, 7) is 0. The van der Waals surface area contributed by atoms with Crippen LogP contribution in [-0.4, -0.2) is 5.38 Å². The number of hydrogen-bond donors (Lipinski definition) is 2. The van der Waals surface area contributed by atoms with E-state index in [1.807, 2.05) is 0 Å². The van der Waals surface area contributed by atoms with Crippen molar-refractivity contribution in [3.8, 4) is 0 Å². The first-order valence-electron chi connectivity index (χ1n) is 3.84. The van der Waals surface area contributed by atoms with Crippen molar-refractivity contribution in [3.63, 3.8) is 0 Å². The highest BCUT2D eigenvalue weighted by Gasteiger charge is 2.39. The Kier molecular flexibility index (Phi) is 3.54. The quantitative estimate of drug-likeness (QED) is 0.369. The molecule has 0 aliphatic heterocycles. The summed E-state index contributed by atoms with van der Waals surface area (Å²) in [6, 6.07) is 0.249. The van der Waals surface area contributed by atoms with Crippen LogP contribution >= 0.6 is 11.6 Å². The molecule has 0 bridgehead atoms. The molecule has 0 heterocycles. The van der Waals surface area contributed by atoms with Gasteiger partial charge in [0.15, 0.2) is 0 Å². The largest absolute Gasteiger partial charge is 0.342 e. The van der Waals surface area contributed by atoms with E-state index in [9.17, 15) is 17.6 Å². The van der Waals surface area contributed by atoms with Crippen LogP contribution in [0.25, 0.3) is 0 Å². The van der Waals surface area contributed by atoms with Crippen molar-refractivity contribution in [1.82, 2.24) is 5.43 Å². The van der Waals surface area contributed by atoms with Gasteiger partial charge < -0.3 is 0 Å². The van der Waals surface area contributed by atoms with Gasteiger partial charge in [0.25, 0.3) is 0 Å². The molecule has 0 fully saturated rings. The zero-order chi connectivity index (χ0) is 11.6. The van der Waals surface area contributed by atoms with E-state index < -0.39 is 28.6 Å². The lowest BCUT2D eigenvalue weighted by molar-refractivity contribution is 0.0482. The number of benzene rings is 1. The molecular weight excluding hydrogens is 236 g/mol. The van der Waals surface area contributed by atoms with Crippen LogP contribution in [0.4, 0.5) is 17.6 Å². The molecule has 1 unspecified atom stereocenters.